The number of quaternary nitrogens is 1. The van der Waals surface area contributed by atoms with E-state index in [1.165, 1.54) is 96.4 Å². The lowest BCUT2D eigenvalue weighted by molar-refractivity contribution is -0.904. The van der Waals surface area contributed by atoms with Gasteiger partial charge in [-0.1, -0.05) is 90.6 Å². The molecule has 0 bridgehead atoms. The summed E-state index contributed by atoms with van der Waals surface area (Å²) in [7, 11) is 5.01. The number of rotatable bonds is 24. The fourth-order valence-corrected chi connectivity index (χ4v) is 6.23. The van der Waals surface area contributed by atoms with Crippen LogP contribution in [0, 0.1) is 0 Å². The third-order valence-corrected chi connectivity index (χ3v) is 9.57. The first kappa shape index (κ1) is 30.8. The van der Waals surface area contributed by atoms with Gasteiger partial charge in [-0.2, -0.15) is 0 Å². The van der Waals surface area contributed by atoms with Crippen LogP contribution < -0.4 is 0 Å². The van der Waals surface area contributed by atoms with Gasteiger partial charge in [0.25, 0.3) is 0 Å². The Balaban J connectivity index is 3.81. The molecule has 0 amide bonds. The zero-order valence-corrected chi connectivity index (χ0v) is 22.9. The van der Waals surface area contributed by atoms with Crippen molar-refractivity contribution in [3.05, 3.63) is 12.7 Å². The summed E-state index contributed by atoms with van der Waals surface area (Å²) in [5.41, 5.74) is 0. The lowest BCUT2D eigenvalue weighted by Gasteiger charge is -2.34. The van der Waals surface area contributed by atoms with E-state index in [9.17, 15) is 0 Å². The zero-order chi connectivity index (χ0) is 23.3. The molecule has 0 saturated carbocycles. The van der Waals surface area contributed by atoms with Crippen LogP contribution >= 0.6 is 0 Å². The standard InChI is InChI=1S/C26H56NO3Si/c1-7-9-10-11-12-13-14-15-16-17-18-19-20-21-24-27(3,23-8-2)25-22-26-31(28-4,29-5)30-6/h8H,2,7,9-26H2,1,3-6H3/q+1. The van der Waals surface area contributed by atoms with E-state index in [0.717, 1.165) is 30.0 Å². The maximum Gasteiger partial charge on any atom is 0.500 e. The lowest BCUT2D eigenvalue weighted by Crippen LogP contribution is -2.48. The van der Waals surface area contributed by atoms with Gasteiger partial charge in [0, 0.05) is 33.8 Å². The maximum atomic E-state index is 5.56. The third-order valence-electron chi connectivity index (χ3n) is 6.74. The van der Waals surface area contributed by atoms with Crippen molar-refractivity contribution in [1.82, 2.24) is 0 Å². The van der Waals surface area contributed by atoms with Gasteiger partial charge in [0.1, 0.15) is 0 Å². The minimum absolute atomic E-state index is 0.875. The highest BCUT2D eigenvalue weighted by Gasteiger charge is 2.38. The van der Waals surface area contributed by atoms with Crippen molar-refractivity contribution in [3.8, 4) is 0 Å². The number of hydrogen-bond donors (Lipinski definition) is 0. The molecule has 0 aromatic carbocycles. The van der Waals surface area contributed by atoms with Crippen LogP contribution in [-0.4, -0.2) is 61.3 Å². The number of hydrogen-bond acceptors (Lipinski definition) is 3. The van der Waals surface area contributed by atoms with E-state index in [-0.39, 0.29) is 0 Å². The molecule has 0 saturated heterocycles. The molecular weight excluding hydrogens is 402 g/mol. The molecule has 4 nitrogen and oxygen atoms in total. The second-order valence-electron chi connectivity index (χ2n) is 9.53. The van der Waals surface area contributed by atoms with Crippen molar-refractivity contribution in [2.75, 3.05) is 48.0 Å². The summed E-state index contributed by atoms with van der Waals surface area (Å²) in [6.45, 7) is 9.65. The maximum absolute atomic E-state index is 5.56. The van der Waals surface area contributed by atoms with Crippen LogP contribution in [0.4, 0.5) is 0 Å². The van der Waals surface area contributed by atoms with Crippen molar-refractivity contribution in [1.29, 1.82) is 0 Å². The van der Waals surface area contributed by atoms with Gasteiger partial charge in [0.05, 0.1) is 26.7 Å². The van der Waals surface area contributed by atoms with Gasteiger partial charge in [-0.3, -0.25) is 0 Å². The summed E-state index contributed by atoms with van der Waals surface area (Å²) in [6.07, 6.45) is 22.9. The van der Waals surface area contributed by atoms with Gasteiger partial charge in [-0.05, 0) is 18.9 Å². The molecule has 186 valence electrons. The van der Waals surface area contributed by atoms with Gasteiger partial charge >= 0.3 is 8.80 Å². The third kappa shape index (κ3) is 16.1. The highest BCUT2D eigenvalue weighted by molar-refractivity contribution is 6.60. The Hall–Kier alpha value is -0.203. The highest BCUT2D eigenvalue weighted by atomic mass is 28.4. The molecule has 31 heavy (non-hydrogen) atoms. The number of nitrogens with zero attached hydrogens (tertiary/aromatic N) is 1. The molecule has 1 atom stereocenters. The summed E-state index contributed by atoms with van der Waals surface area (Å²) < 4.78 is 17.8. The molecule has 0 fully saturated rings. The van der Waals surface area contributed by atoms with Crippen molar-refractivity contribution in [3.63, 3.8) is 0 Å². The highest BCUT2D eigenvalue weighted by Crippen LogP contribution is 2.18. The molecule has 0 spiro atoms. The summed E-state index contributed by atoms with van der Waals surface area (Å²) in [6, 6.07) is 0.875. The molecule has 0 heterocycles. The monoisotopic (exact) mass is 458 g/mol. The van der Waals surface area contributed by atoms with Crippen molar-refractivity contribution < 1.29 is 17.8 Å². The van der Waals surface area contributed by atoms with Crippen LogP contribution in [0.15, 0.2) is 12.7 Å². The fraction of sp³-hybridized carbons (Fsp3) is 0.923. The smallest absolute Gasteiger partial charge is 0.377 e. The van der Waals surface area contributed by atoms with Crippen molar-refractivity contribution in [2.24, 2.45) is 0 Å². The Morgan fingerprint density at radius 3 is 1.42 bits per heavy atom. The molecular formula is C26H56NO3Si+. The predicted octanol–water partition coefficient (Wildman–Crippen LogP) is 7.37. The molecule has 0 radical (unpaired) electrons. The van der Waals surface area contributed by atoms with E-state index in [1.807, 2.05) is 0 Å². The molecule has 0 aliphatic heterocycles. The minimum Gasteiger partial charge on any atom is -0.377 e. The first-order valence-corrected chi connectivity index (χ1v) is 15.0. The predicted molar refractivity (Wildman–Crippen MR) is 137 cm³/mol. The Labute approximate surface area is 196 Å². The summed E-state index contributed by atoms with van der Waals surface area (Å²) in [5, 5.41) is 0. The van der Waals surface area contributed by atoms with E-state index in [2.05, 4.69) is 26.6 Å². The van der Waals surface area contributed by atoms with Crippen LogP contribution in [0.3, 0.4) is 0 Å². The lowest BCUT2D eigenvalue weighted by atomic mass is 10.0. The van der Waals surface area contributed by atoms with Crippen LogP contribution in [0.1, 0.15) is 103 Å². The largest absolute Gasteiger partial charge is 0.500 e. The van der Waals surface area contributed by atoms with Crippen LogP contribution in [0.2, 0.25) is 6.04 Å². The second kappa shape index (κ2) is 20.4. The first-order valence-electron chi connectivity index (χ1n) is 13.1. The van der Waals surface area contributed by atoms with Crippen LogP contribution in [0.25, 0.3) is 0 Å². The summed E-state index contributed by atoms with van der Waals surface area (Å²) >= 11 is 0. The zero-order valence-electron chi connectivity index (χ0n) is 21.9. The van der Waals surface area contributed by atoms with Gasteiger partial charge in [-0.15, -0.1) is 0 Å². The normalized spacial score (nSPS) is 14.0. The van der Waals surface area contributed by atoms with Crippen molar-refractivity contribution in [2.45, 2.75) is 109 Å². The summed E-state index contributed by atoms with van der Waals surface area (Å²) in [4.78, 5) is 0. The quantitative estimate of drug-likeness (QED) is 0.0654. The van der Waals surface area contributed by atoms with E-state index in [0.29, 0.717) is 0 Å². The van der Waals surface area contributed by atoms with E-state index >= 15 is 0 Å². The first-order chi connectivity index (χ1) is 15.0. The molecule has 0 aliphatic rings. The Kier molecular flexibility index (Phi) is 20.3. The fourth-order valence-electron chi connectivity index (χ4n) is 4.53. The molecule has 0 aromatic rings. The van der Waals surface area contributed by atoms with E-state index in [1.54, 1.807) is 21.3 Å². The Morgan fingerprint density at radius 1 is 0.645 bits per heavy atom. The Bertz CT molecular complexity index is 396. The van der Waals surface area contributed by atoms with Crippen LogP contribution in [0.5, 0.6) is 0 Å². The number of unbranched alkanes of at least 4 members (excludes halogenated alkanes) is 13. The van der Waals surface area contributed by atoms with Gasteiger partial charge in [-0.25, -0.2) is 0 Å². The topological polar surface area (TPSA) is 27.7 Å². The average molecular weight is 459 g/mol. The van der Waals surface area contributed by atoms with Gasteiger partial charge < -0.3 is 17.8 Å². The van der Waals surface area contributed by atoms with Gasteiger partial charge in [0.2, 0.25) is 0 Å². The molecule has 0 aromatic heterocycles. The summed E-state index contributed by atoms with van der Waals surface area (Å²) in [5.74, 6) is 0. The molecule has 0 rings (SSSR count). The SMILES string of the molecule is C=CC[N+](C)(CCCCCCCCCCCCCCCC)CCC[Si](OC)(OC)OC. The van der Waals surface area contributed by atoms with Crippen molar-refractivity contribution >= 4 is 8.80 Å². The minimum atomic E-state index is -2.45. The average Bonchev–Trinajstić information content (AvgIpc) is 2.77. The molecule has 0 aliphatic carbocycles. The van der Waals surface area contributed by atoms with E-state index in [4.69, 9.17) is 13.3 Å². The molecule has 5 heteroatoms. The Morgan fingerprint density at radius 2 is 1.03 bits per heavy atom. The van der Waals surface area contributed by atoms with Crippen LogP contribution in [-0.2, 0) is 13.3 Å². The number of likely N-dealkylation sites (N-methyl/N-ethyl adjacent to an activating group) is 1. The molecule has 1 unspecified atom stereocenters. The van der Waals surface area contributed by atoms with E-state index < -0.39 is 8.80 Å². The second-order valence-corrected chi connectivity index (χ2v) is 12.6. The molecule has 0 N–H and O–H groups in total. The van der Waals surface area contributed by atoms with Gasteiger partial charge in [0.15, 0.2) is 0 Å².